The van der Waals surface area contributed by atoms with Gasteiger partial charge in [0.05, 0.1) is 12.2 Å². The van der Waals surface area contributed by atoms with Crippen LogP contribution in [0.15, 0.2) is 66.2 Å². The first-order valence-corrected chi connectivity index (χ1v) is 13.0. The van der Waals surface area contributed by atoms with E-state index in [1.165, 1.54) is 0 Å². The van der Waals surface area contributed by atoms with Gasteiger partial charge in [-0.05, 0) is 75.3 Å². The van der Waals surface area contributed by atoms with Crippen LogP contribution in [0, 0.1) is 0 Å². The smallest absolute Gasteiger partial charge is 0.132 e. The van der Waals surface area contributed by atoms with Gasteiger partial charge in [-0.3, -0.25) is 4.90 Å². The molecular formula is C31H35NO5. The molecule has 2 aromatic rings. The van der Waals surface area contributed by atoms with Crippen LogP contribution < -0.4 is 9.47 Å². The number of rotatable bonds is 7. The fraction of sp³-hybridized carbons (Fsp3) is 0.355. The summed E-state index contributed by atoms with van der Waals surface area (Å²) < 4.78 is 17.7. The molecule has 2 aliphatic heterocycles. The third-order valence-electron chi connectivity index (χ3n) is 7.17. The van der Waals surface area contributed by atoms with Crippen molar-refractivity contribution in [3.63, 3.8) is 0 Å². The molecule has 0 aromatic heterocycles. The lowest BCUT2D eigenvalue weighted by molar-refractivity contribution is 0.142. The maximum atomic E-state index is 11.4. The Morgan fingerprint density at radius 1 is 1.05 bits per heavy atom. The Morgan fingerprint density at radius 2 is 1.81 bits per heavy atom. The van der Waals surface area contributed by atoms with Crippen molar-refractivity contribution in [2.24, 2.45) is 0 Å². The zero-order valence-corrected chi connectivity index (χ0v) is 21.9. The lowest BCUT2D eigenvalue weighted by Crippen LogP contribution is -2.39. The largest absolute Gasteiger partial charge is 0.511 e. The van der Waals surface area contributed by atoms with Gasteiger partial charge in [0.15, 0.2) is 0 Å². The number of phenolic OH excluding ortho intramolecular Hbond substituents is 1. The number of fused-ring (bicyclic) bond motifs is 5. The van der Waals surface area contributed by atoms with Crippen LogP contribution >= 0.6 is 0 Å². The Bertz CT molecular complexity index is 1280. The predicted molar refractivity (Wildman–Crippen MR) is 146 cm³/mol. The number of benzene rings is 2. The van der Waals surface area contributed by atoms with Crippen LogP contribution in [0.3, 0.4) is 0 Å². The van der Waals surface area contributed by atoms with Crippen LogP contribution in [0.25, 0.3) is 11.6 Å². The highest BCUT2D eigenvalue weighted by Crippen LogP contribution is 2.51. The van der Waals surface area contributed by atoms with Gasteiger partial charge in [-0.2, -0.15) is 0 Å². The fourth-order valence-electron chi connectivity index (χ4n) is 5.50. The van der Waals surface area contributed by atoms with E-state index in [4.69, 9.17) is 14.2 Å². The Morgan fingerprint density at radius 3 is 2.54 bits per heavy atom. The molecule has 0 saturated carbocycles. The van der Waals surface area contributed by atoms with Crippen molar-refractivity contribution in [2.45, 2.75) is 45.7 Å². The number of allylic oxidation sites excluding steroid dienone is 4. The normalized spacial score (nSPS) is 18.1. The van der Waals surface area contributed by atoms with Crippen molar-refractivity contribution in [3.8, 4) is 17.2 Å². The molecule has 0 spiro atoms. The highest BCUT2D eigenvalue weighted by Gasteiger charge is 2.35. The first-order valence-electron chi connectivity index (χ1n) is 13.0. The van der Waals surface area contributed by atoms with E-state index in [-0.39, 0.29) is 11.5 Å². The van der Waals surface area contributed by atoms with Gasteiger partial charge in [-0.1, -0.05) is 18.2 Å². The molecule has 5 rings (SSSR count). The molecule has 1 atom stereocenters. The van der Waals surface area contributed by atoms with Crippen LogP contribution in [0.1, 0.15) is 55.9 Å². The third kappa shape index (κ3) is 4.86. The second kappa shape index (κ2) is 10.4. The zero-order valence-electron chi connectivity index (χ0n) is 21.9. The van der Waals surface area contributed by atoms with Gasteiger partial charge < -0.3 is 24.4 Å². The minimum atomic E-state index is -0.527. The fourth-order valence-corrected chi connectivity index (χ4v) is 5.50. The summed E-state index contributed by atoms with van der Waals surface area (Å²) in [5, 5.41) is 22.6. The maximum Gasteiger partial charge on any atom is 0.132 e. The van der Waals surface area contributed by atoms with E-state index in [9.17, 15) is 10.2 Å². The van der Waals surface area contributed by atoms with E-state index < -0.39 is 5.92 Å². The zero-order chi connectivity index (χ0) is 26.1. The Labute approximate surface area is 218 Å². The number of aromatic hydroxyl groups is 1. The number of ether oxygens (including phenoxy) is 3. The van der Waals surface area contributed by atoms with Gasteiger partial charge in [-0.25, -0.2) is 0 Å². The molecule has 6 nitrogen and oxygen atoms in total. The Balaban J connectivity index is 1.51. The molecule has 2 heterocycles. The summed E-state index contributed by atoms with van der Waals surface area (Å²) in [6, 6.07) is 10.4. The minimum absolute atomic E-state index is 0.125. The second-order valence-electron chi connectivity index (χ2n) is 10.2. The van der Waals surface area contributed by atoms with Crippen LogP contribution in [-0.4, -0.2) is 53.6 Å². The highest BCUT2D eigenvalue weighted by atomic mass is 16.5. The molecule has 1 aliphatic carbocycles. The monoisotopic (exact) mass is 501 g/mol. The van der Waals surface area contributed by atoms with Crippen molar-refractivity contribution in [2.75, 3.05) is 26.4 Å². The van der Waals surface area contributed by atoms with Gasteiger partial charge in [0.2, 0.25) is 0 Å². The van der Waals surface area contributed by atoms with Crippen LogP contribution in [0.4, 0.5) is 0 Å². The molecule has 6 heteroatoms. The van der Waals surface area contributed by atoms with Gasteiger partial charge in [0.1, 0.15) is 42.8 Å². The van der Waals surface area contributed by atoms with Gasteiger partial charge in [0, 0.05) is 40.9 Å². The van der Waals surface area contributed by atoms with E-state index in [0.717, 1.165) is 40.1 Å². The Hall–Kier alpha value is -3.64. The van der Waals surface area contributed by atoms with Crippen LogP contribution in [0.5, 0.6) is 17.2 Å². The lowest BCUT2D eigenvalue weighted by Gasteiger charge is -2.30. The van der Waals surface area contributed by atoms with Crippen molar-refractivity contribution in [3.05, 3.63) is 88.4 Å². The molecule has 3 aliphatic rings. The molecule has 37 heavy (non-hydrogen) atoms. The number of hydrogen-bond donors (Lipinski definition) is 2. The lowest BCUT2D eigenvalue weighted by atomic mass is 9.83. The summed E-state index contributed by atoms with van der Waals surface area (Å²) >= 11 is 0. The molecule has 0 fully saturated rings. The third-order valence-corrected chi connectivity index (χ3v) is 7.17. The molecular weight excluding hydrogens is 466 g/mol. The molecule has 1 unspecified atom stereocenters. The van der Waals surface area contributed by atoms with E-state index in [2.05, 4.69) is 32.6 Å². The van der Waals surface area contributed by atoms with Crippen molar-refractivity contribution in [1.29, 1.82) is 0 Å². The summed E-state index contributed by atoms with van der Waals surface area (Å²) in [5.41, 5.74) is 4.55. The summed E-state index contributed by atoms with van der Waals surface area (Å²) in [6.45, 7) is 11.1. The minimum Gasteiger partial charge on any atom is -0.511 e. The SMILES string of the molecule is CC(C)N(CCOc1ccc(C2C(O)=CC3=CCOC=C3c3c(O)cc4c(c32)OCC=C4)cc1)C(C)C. The second-order valence-corrected chi connectivity index (χ2v) is 10.2. The van der Waals surface area contributed by atoms with E-state index in [1.807, 2.05) is 42.5 Å². The summed E-state index contributed by atoms with van der Waals surface area (Å²) in [5.74, 6) is 1.22. The predicted octanol–water partition coefficient (Wildman–Crippen LogP) is 6.18. The molecule has 0 saturated heterocycles. The summed E-state index contributed by atoms with van der Waals surface area (Å²) in [4.78, 5) is 2.40. The number of aliphatic hydroxyl groups excluding tert-OH is 1. The van der Waals surface area contributed by atoms with Crippen molar-refractivity contribution >= 4 is 11.6 Å². The number of hydrogen-bond acceptors (Lipinski definition) is 6. The van der Waals surface area contributed by atoms with E-state index >= 15 is 0 Å². The summed E-state index contributed by atoms with van der Waals surface area (Å²) in [7, 11) is 0. The number of phenols is 1. The van der Waals surface area contributed by atoms with E-state index in [1.54, 1.807) is 18.4 Å². The van der Waals surface area contributed by atoms with Crippen molar-refractivity contribution < 1.29 is 24.4 Å². The van der Waals surface area contributed by atoms with Crippen LogP contribution in [0.2, 0.25) is 0 Å². The molecule has 0 radical (unpaired) electrons. The molecule has 0 bridgehead atoms. The number of nitrogens with zero attached hydrogens (tertiary/aromatic N) is 1. The maximum absolute atomic E-state index is 11.4. The Kier molecular flexibility index (Phi) is 7.02. The molecule has 194 valence electrons. The van der Waals surface area contributed by atoms with E-state index in [0.29, 0.717) is 43.2 Å². The molecule has 0 amide bonds. The highest BCUT2D eigenvalue weighted by molar-refractivity contribution is 5.91. The molecule has 2 aromatic carbocycles. The summed E-state index contributed by atoms with van der Waals surface area (Å²) in [6.07, 6.45) is 9.18. The first-order chi connectivity index (χ1) is 17.8. The topological polar surface area (TPSA) is 71.4 Å². The van der Waals surface area contributed by atoms with Gasteiger partial charge in [0.25, 0.3) is 0 Å². The van der Waals surface area contributed by atoms with Gasteiger partial charge in [-0.15, -0.1) is 0 Å². The standard InChI is InChI=1S/C31H35NO5/c1-19(2)32(20(3)4)12-15-36-24-9-7-21(8-10-24)28-26(33)16-22-11-14-35-18-25(22)29-27(34)17-23-6-5-13-37-31(23)30(28)29/h5-11,16-20,28,33-34H,12-15H2,1-4H3. The number of aliphatic hydroxyl groups is 1. The first kappa shape index (κ1) is 25.0. The average molecular weight is 502 g/mol. The average Bonchev–Trinajstić information content (AvgIpc) is 3.01. The quantitative estimate of drug-likeness (QED) is 0.472. The van der Waals surface area contributed by atoms with Crippen molar-refractivity contribution in [1.82, 2.24) is 4.90 Å². The molecule has 2 N–H and O–H groups in total. The van der Waals surface area contributed by atoms with Gasteiger partial charge >= 0.3 is 0 Å². The van der Waals surface area contributed by atoms with Crippen LogP contribution in [-0.2, 0) is 4.74 Å².